The van der Waals surface area contributed by atoms with Gasteiger partial charge >= 0.3 is 0 Å². The van der Waals surface area contributed by atoms with Gasteiger partial charge in [-0.2, -0.15) is 0 Å². The maximum atomic E-state index is 10.7. The molecule has 22 heavy (non-hydrogen) atoms. The maximum Gasteiger partial charge on any atom is 0.143 e. The SMILES string of the molecule is CCC1CN(CC)c2cc(C(O)C3CCCCN3)ccc2O1. The summed E-state index contributed by atoms with van der Waals surface area (Å²) in [4.78, 5) is 2.36. The second kappa shape index (κ2) is 6.88. The average Bonchev–Trinajstić information content (AvgIpc) is 2.60. The molecule has 3 atom stereocenters. The van der Waals surface area contributed by atoms with Crippen LogP contribution in [0.1, 0.15) is 51.2 Å². The van der Waals surface area contributed by atoms with E-state index in [4.69, 9.17) is 4.74 Å². The van der Waals surface area contributed by atoms with Gasteiger partial charge in [0.25, 0.3) is 0 Å². The van der Waals surface area contributed by atoms with Gasteiger partial charge < -0.3 is 20.1 Å². The van der Waals surface area contributed by atoms with Crippen LogP contribution in [-0.2, 0) is 0 Å². The van der Waals surface area contributed by atoms with Crippen LogP contribution in [0.3, 0.4) is 0 Å². The van der Waals surface area contributed by atoms with Crippen molar-refractivity contribution in [1.29, 1.82) is 0 Å². The molecule has 4 heteroatoms. The third kappa shape index (κ3) is 3.08. The zero-order valence-electron chi connectivity index (χ0n) is 13.7. The summed E-state index contributed by atoms with van der Waals surface area (Å²) in [6, 6.07) is 6.34. The monoisotopic (exact) mass is 304 g/mol. The molecule has 122 valence electrons. The maximum absolute atomic E-state index is 10.7. The largest absolute Gasteiger partial charge is 0.486 e. The Bertz CT molecular complexity index is 500. The van der Waals surface area contributed by atoms with Crippen LogP contribution in [0.15, 0.2) is 18.2 Å². The Balaban J connectivity index is 1.83. The molecule has 2 aliphatic rings. The van der Waals surface area contributed by atoms with Gasteiger partial charge in [-0.1, -0.05) is 19.4 Å². The van der Waals surface area contributed by atoms with Gasteiger partial charge in [0, 0.05) is 12.6 Å². The molecule has 2 heterocycles. The van der Waals surface area contributed by atoms with Crippen LogP contribution in [0.2, 0.25) is 0 Å². The van der Waals surface area contributed by atoms with Crippen molar-refractivity contribution in [1.82, 2.24) is 5.32 Å². The van der Waals surface area contributed by atoms with Crippen LogP contribution >= 0.6 is 0 Å². The smallest absolute Gasteiger partial charge is 0.143 e. The van der Waals surface area contributed by atoms with Gasteiger partial charge in [0.05, 0.1) is 18.3 Å². The van der Waals surface area contributed by atoms with E-state index >= 15 is 0 Å². The summed E-state index contributed by atoms with van der Waals surface area (Å²) < 4.78 is 6.05. The Morgan fingerprint density at radius 2 is 2.23 bits per heavy atom. The minimum absolute atomic E-state index is 0.176. The van der Waals surface area contributed by atoms with Gasteiger partial charge in [0.2, 0.25) is 0 Å². The average molecular weight is 304 g/mol. The van der Waals surface area contributed by atoms with Gasteiger partial charge in [0.15, 0.2) is 0 Å². The standard InChI is InChI=1S/C18H28N2O2/c1-3-14-12-20(4-2)16-11-13(8-9-17(16)22-14)18(21)15-7-5-6-10-19-15/h8-9,11,14-15,18-19,21H,3-7,10,12H2,1-2H3. The Hall–Kier alpha value is -1.26. The molecule has 1 fully saturated rings. The van der Waals surface area contributed by atoms with Crippen LogP contribution in [0.5, 0.6) is 5.75 Å². The summed E-state index contributed by atoms with van der Waals surface area (Å²) >= 11 is 0. The van der Waals surface area contributed by atoms with Crippen molar-refractivity contribution in [2.75, 3.05) is 24.5 Å². The highest BCUT2D eigenvalue weighted by atomic mass is 16.5. The molecule has 0 aliphatic carbocycles. The van der Waals surface area contributed by atoms with Crippen molar-refractivity contribution in [2.24, 2.45) is 0 Å². The summed E-state index contributed by atoms with van der Waals surface area (Å²) in [6.45, 7) is 7.24. The number of benzene rings is 1. The lowest BCUT2D eigenvalue weighted by atomic mass is 9.94. The number of anilines is 1. The number of hydrogen-bond acceptors (Lipinski definition) is 4. The molecule has 3 unspecified atom stereocenters. The summed E-state index contributed by atoms with van der Waals surface area (Å²) in [7, 11) is 0. The first kappa shape index (κ1) is 15.6. The van der Waals surface area contributed by atoms with Crippen LogP contribution in [0.25, 0.3) is 0 Å². The molecule has 1 aromatic carbocycles. The zero-order valence-corrected chi connectivity index (χ0v) is 13.7. The Labute approximate surface area is 133 Å². The van der Waals surface area contributed by atoms with Gasteiger partial charge in [-0.3, -0.25) is 0 Å². The van der Waals surface area contributed by atoms with E-state index < -0.39 is 6.10 Å². The third-order valence-electron chi connectivity index (χ3n) is 4.95. The van der Waals surface area contributed by atoms with Crippen LogP contribution < -0.4 is 15.0 Å². The first-order valence-corrected chi connectivity index (χ1v) is 8.70. The van der Waals surface area contributed by atoms with Gasteiger partial charge in [-0.25, -0.2) is 0 Å². The lowest BCUT2D eigenvalue weighted by Gasteiger charge is -2.36. The molecule has 1 aromatic rings. The van der Waals surface area contributed by atoms with Crippen molar-refractivity contribution in [3.63, 3.8) is 0 Å². The van der Waals surface area contributed by atoms with E-state index in [1.807, 2.05) is 12.1 Å². The highest BCUT2D eigenvalue weighted by Gasteiger charge is 2.27. The van der Waals surface area contributed by atoms with Crippen molar-refractivity contribution in [2.45, 2.75) is 57.8 Å². The van der Waals surface area contributed by atoms with Gasteiger partial charge in [-0.05, 0) is 50.4 Å². The van der Waals surface area contributed by atoms with Crippen molar-refractivity contribution < 1.29 is 9.84 Å². The number of likely N-dealkylation sites (N-methyl/N-ethyl adjacent to an activating group) is 1. The molecular formula is C18H28N2O2. The molecule has 0 radical (unpaired) electrons. The molecule has 4 nitrogen and oxygen atoms in total. The Kier molecular flexibility index (Phi) is 4.89. The summed E-state index contributed by atoms with van der Waals surface area (Å²) in [5.74, 6) is 0.951. The molecule has 0 amide bonds. The summed E-state index contributed by atoms with van der Waals surface area (Å²) in [6.07, 6.45) is 4.30. The van der Waals surface area contributed by atoms with Gasteiger partial charge in [-0.15, -0.1) is 0 Å². The second-order valence-electron chi connectivity index (χ2n) is 6.42. The highest BCUT2D eigenvalue weighted by molar-refractivity contribution is 5.62. The summed E-state index contributed by atoms with van der Waals surface area (Å²) in [5, 5.41) is 14.1. The summed E-state index contributed by atoms with van der Waals surface area (Å²) in [5.41, 5.74) is 2.12. The molecule has 0 aromatic heterocycles. The van der Waals surface area contributed by atoms with Crippen LogP contribution in [0.4, 0.5) is 5.69 Å². The normalized spacial score (nSPS) is 26.2. The number of aliphatic hydroxyl groups is 1. The van der Waals surface area contributed by atoms with E-state index in [0.29, 0.717) is 0 Å². The first-order valence-electron chi connectivity index (χ1n) is 8.70. The number of nitrogens with one attached hydrogen (secondary N) is 1. The van der Waals surface area contributed by atoms with Crippen molar-refractivity contribution in [3.8, 4) is 5.75 Å². The van der Waals surface area contributed by atoms with Crippen LogP contribution in [-0.4, -0.2) is 36.9 Å². The Morgan fingerprint density at radius 3 is 2.91 bits per heavy atom. The first-order chi connectivity index (χ1) is 10.7. The van der Waals surface area contributed by atoms with E-state index in [-0.39, 0.29) is 12.1 Å². The van der Waals surface area contributed by atoms with E-state index in [1.54, 1.807) is 0 Å². The molecular weight excluding hydrogens is 276 g/mol. The lowest BCUT2D eigenvalue weighted by Crippen LogP contribution is -2.40. The number of aliphatic hydroxyl groups excluding tert-OH is 1. The minimum atomic E-state index is -0.437. The van der Waals surface area contributed by atoms with E-state index in [2.05, 4.69) is 30.1 Å². The number of fused-ring (bicyclic) bond motifs is 1. The van der Waals surface area contributed by atoms with Crippen LogP contribution in [0, 0.1) is 0 Å². The fourth-order valence-electron chi connectivity index (χ4n) is 3.52. The number of hydrogen-bond donors (Lipinski definition) is 2. The molecule has 0 saturated carbocycles. The van der Waals surface area contributed by atoms with Crippen molar-refractivity contribution in [3.05, 3.63) is 23.8 Å². The lowest BCUT2D eigenvalue weighted by molar-refractivity contribution is 0.113. The number of nitrogens with zero attached hydrogens (tertiary/aromatic N) is 1. The zero-order chi connectivity index (χ0) is 15.5. The predicted octanol–water partition coefficient (Wildman–Crippen LogP) is 2.86. The molecule has 0 spiro atoms. The molecule has 1 saturated heterocycles. The fraction of sp³-hybridized carbons (Fsp3) is 0.667. The second-order valence-corrected chi connectivity index (χ2v) is 6.42. The number of ether oxygens (including phenoxy) is 1. The molecule has 3 rings (SSSR count). The Morgan fingerprint density at radius 1 is 1.36 bits per heavy atom. The fourth-order valence-corrected chi connectivity index (χ4v) is 3.52. The number of piperidine rings is 1. The quantitative estimate of drug-likeness (QED) is 0.898. The van der Waals surface area contributed by atoms with E-state index in [0.717, 1.165) is 49.5 Å². The minimum Gasteiger partial charge on any atom is -0.486 e. The molecule has 2 aliphatic heterocycles. The van der Waals surface area contributed by atoms with Crippen molar-refractivity contribution >= 4 is 5.69 Å². The van der Waals surface area contributed by atoms with E-state index in [1.165, 1.54) is 12.8 Å². The highest BCUT2D eigenvalue weighted by Crippen LogP contribution is 2.37. The predicted molar refractivity (Wildman–Crippen MR) is 89.6 cm³/mol. The molecule has 0 bridgehead atoms. The van der Waals surface area contributed by atoms with E-state index in [9.17, 15) is 5.11 Å². The third-order valence-corrected chi connectivity index (χ3v) is 4.95. The molecule has 2 N–H and O–H groups in total. The topological polar surface area (TPSA) is 44.7 Å². The van der Waals surface area contributed by atoms with Gasteiger partial charge in [0.1, 0.15) is 11.9 Å². The number of rotatable bonds is 4.